The molecule has 1 aliphatic heterocycles. The number of urea groups is 1. The smallest absolute Gasteiger partial charge is 0.368 e. The van der Waals surface area contributed by atoms with E-state index in [0.29, 0.717) is 18.2 Å². The Kier molecular flexibility index (Phi) is 7.42. The van der Waals surface area contributed by atoms with Crippen LogP contribution in [0.3, 0.4) is 0 Å². The average molecular weight is 457 g/mol. The molecule has 0 spiro atoms. The lowest BCUT2D eigenvalue weighted by atomic mass is 10.1. The van der Waals surface area contributed by atoms with Gasteiger partial charge in [0.15, 0.2) is 0 Å². The summed E-state index contributed by atoms with van der Waals surface area (Å²) in [5.41, 5.74) is -1.00. The number of rotatable bonds is 6. The number of hydrogen-bond acceptors (Lipinski definition) is 5. The van der Waals surface area contributed by atoms with E-state index in [1.807, 2.05) is 13.0 Å². The molecule has 3 N–H and O–H groups in total. The van der Waals surface area contributed by atoms with Crippen molar-refractivity contribution in [2.45, 2.75) is 32.4 Å². The van der Waals surface area contributed by atoms with Gasteiger partial charge in [0.1, 0.15) is 17.5 Å². The molecular weight excluding hydrogens is 433 g/mol. The van der Waals surface area contributed by atoms with E-state index in [4.69, 9.17) is 11.6 Å². The van der Waals surface area contributed by atoms with Gasteiger partial charge in [0.2, 0.25) is 0 Å². The molecule has 31 heavy (non-hydrogen) atoms. The molecule has 168 valence electrons. The monoisotopic (exact) mass is 456 g/mol. The van der Waals surface area contributed by atoms with Crippen molar-refractivity contribution in [3.8, 4) is 0 Å². The van der Waals surface area contributed by atoms with Crippen LogP contribution in [0.15, 0.2) is 24.3 Å². The second-order valence-corrected chi connectivity index (χ2v) is 7.61. The van der Waals surface area contributed by atoms with Crippen LogP contribution in [0.5, 0.6) is 0 Å². The number of nitrogens with zero attached hydrogens (tertiary/aromatic N) is 3. The number of hydrogen-bond donors (Lipinski definition) is 3. The van der Waals surface area contributed by atoms with Gasteiger partial charge in [0.05, 0.1) is 10.6 Å². The second kappa shape index (κ2) is 10.0. The number of piperidine rings is 1. The number of carbonyl (C=O) groups is 1. The maximum absolute atomic E-state index is 12.9. The van der Waals surface area contributed by atoms with Crippen molar-refractivity contribution in [1.82, 2.24) is 15.3 Å². The maximum Gasteiger partial charge on any atom is 0.417 e. The quantitative estimate of drug-likeness (QED) is 0.550. The molecule has 11 heteroatoms. The SMILES string of the molecule is Cc1nc(NCCNC(=O)Nc2ccc(Cl)c(C(F)(F)F)c2)cc(N2CCCCC2)n1. The van der Waals surface area contributed by atoms with Gasteiger partial charge in [-0.05, 0) is 44.4 Å². The number of aryl methyl sites for hydroxylation is 1. The molecule has 0 aliphatic carbocycles. The minimum Gasteiger partial charge on any atom is -0.368 e. The Morgan fingerprint density at radius 1 is 1.13 bits per heavy atom. The van der Waals surface area contributed by atoms with Gasteiger partial charge in [-0.15, -0.1) is 0 Å². The van der Waals surface area contributed by atoms with Gasteiger partial charge in [0, 0.05) is 37.9 Å². The van der Waals surface area contributed by atoms with Crippen molar-refractivity contribution in [3.63, 3.8) is 0 Å². The maximum atomic E-state index is 12.9. The van der Waals surface area contributed by atoms with Gasteiger partial charge in [-0.3, -0.25) is 0 Å². The normalized spacial score (nSPS) is 14.3. The minimum absolute atomic E-state index is 0.000201. The number of nitrogens with one attached hydrogen (secondary N) is 3. The van der Waals surface area contributed by atoms with Crippen molar-refractivity contribution < 1.29 is 18.0 Å². The third-order valence-electron chi connectivity index (χ3n) is 4.75. The number of amides is 2. The largest absolute Gasteiger partial charge is 0.417 e. The molecule has 1 aromatic heterocycles. The zero-order valence-corrected chi connectivity index (χ0v) is 17.8. The fourth-order valence-electron chi connectivity index (χ4n) is 3.29. The van der Waals surface area contributed by atoms with Crippen LogP contribution < -0.4 is 20.9 Å². The lowest BCUT2D eigenvalue weighted by Gasteiger charge is -2.28. The lowest BCUT2D eigenvalue weighted by molar-refractivity contribution is -0.137. The van der Waals surface area contributed by atoms with E-state index in [1.54, 1.807) is 0 Å². The van der Waals surface area contributed by atoms with Crippen LogP contribution in [-0.2, 0) is 6.18 Å². The summed E-state index contributed by atoms with van der Waals surface area (Å²) in [6.45, 7) is 4.40. The zero-order valence-electron chi connectivity index (χ0n) is 17.0. The summed E-state index contributed by atoms with van der Waals surface area (Å²) in [7, 11) is 0. The van der Waals surface area contributed by atoms with Crippen LogP contribution in [0.2, 0.25) is 5.02 Å². The highest BCUT2D eigenvalue weighted by Gasteiger charge is 2.33. The highest BCUT2D eigenvalue weighted by atomic mass is 35.5. The van der Waals surface area contributed by atoms with E-state index in [-0.39, 0.29) is 12.2 Å². The molecule has 0 atom stereocenters. The topological polar surface area (TPSA) is 82.2 Å². The molecule has 0 bridgehead atoms. The summed E-state index contributed by atoms with van der Waals surface area (Å²) >= 11 is 5.58. The van der Waals surface area contributed by atoms with Gasteiger partial charge in [-0.25, -0.2) is 14.8 Å². The first-order valence-corrected chi connectivity index (χ1v) is 10.4. The highest BCUT2D eigenvalue weighted by Crippen LogP contribution is 2.36. The molecule has 1 aliphatic rings. The number of halogens is 4. The molecule has 2 amide bonds. The van der Waals surface area contributed by atoms with E-state index in [1.165, 1.54) is 12.5 Å². The number of aromatic nitrogens is 2. The molecule has 0 unspecified atom stereocenters. The molecule has 2 heterocycles. The number of alkyl halides is 3. The zero-order chi connectivity index (χ0) is 22.4. The molecule has 2 aromatic rings. The third-order valence-corrected chi connectivity index (χ3v) is 5.08. The predicted molar refractivity (Wildman–Crippen MR) is 115 cm³/mol. The van der Waals surface area contributed by atoms with E-state index in [2.05, 4.69) is 30.8 Å². The van der Waals surface area contributed by atoms with Crippen molar-refractivity contribution in [2.75, 3.05) is 41.7 Å². The van der Waals surface area contributed by atoms with Crippen LogP contribution in [0.4, 0.5) is 35.3 Å². The first-order chi connectivity index (χ1) is 14.7. The van der Waals surface area contributed by atoms with Gasteiger partial charge >= 0.3 is 12.2 Å². The van der Waals surface area contributed by atoms with Crippen LogP contribution in [0, 0.1) is 6.92 Å². The number of benzene rings is 1. The Morgan fingerprint density at radius 3 is 2.58 bits per heavy atom. The van der Waals surface area contributed by atoms with Crippen molar-refractivity contribution in [1.29, 1.82) is 0 Å². The summed E-state index contributed by atoms with van der Waals surface area (Å²) in [6, 6.07) is 4.46. The number of anilines is 3. The summed E-state index contributed by atoms with van der Waals surface area (Å²) in [6.07, 6.45) is -1.09. The van der Waals surface area contributed by atoms with E-state index in [9.17, 15) is 18.0 Å². The van der Waals surface area contributed by atoms with E-state index in [0.717, 1.165) is 43.9 Å². The third kappa shape index (κ3) is 6.61. The Bertz CT molecular complexity index is 918. The molecule has 7 nitrogen and oxygen atoms in total. The van der Waals surface area contributed by atoms with Crippen molar-refractivity contribution >= 4 is 35.0 Å². The summed E-state index contributed by atoms with van der Waals surface area (Å²) in [5, 5.41) is 7.67. The van der Waals surface area contributed by atoms with Crippen LogP contribution >= 0.6 is 11.6 Å². The molecule has 0 radical (unpaired) electrons. The van der Waals surface area contributed by atoms with E-state index < -0.39 is 22.8 Å². The lowest BCUT2D eigenvalue weighted by Crippen LogP contribution is -2.33. The first-order valence-electron chi connectivity index (χ1n) is 9.98. The summed E-state index contributed by atoms with van der Waals surface area (Å²) < 4.78 is 38.8. The molecular formula is C20H24ClF3N6O. The van der Waals surface area contributed by atoms with E-state index >= 15 is 0 Å². The molecule has 3 rings (SSSR count). The van der Waals surface area contributed by atoms with Gasteiger partial charge in [-0.1, -0.05) is 11.6 Å². The predicted octanol–water partition coefficient (Wildman–Crippen LogP) is 4.68. The van der Waals surface area contributed by atoms with Crippen LogP contribution in [0.1, 0.15) is 30.7 Å². The molecule has 1 saturated heterocycles. The highest BCUT2D eigenvalue weighted by molar-refractivity contribution is 6.31. The van der Waals surface area contributed by atoms with Gasteiger partial charge < -0.3 is 20.9 Å². The second-order valence-electron chi connectivity index (χ2n) is 7.21. The van der Waals surface area contributed by atoms with Gasteiger partial charge in [0.25, 0.3) is 0 Å². The van der Waals surface area contributed by atoms with Crippen molar-refractivity contribution in [3.05, 3.63) is 40.7 Å². The fraction of sp³-hybridized carbons (Fsp3) is 0.450. The average Bonchev–Trinajstić information content (AvgIpc) is 2.72. The number of carbonyl (C=O) groups excluding carboxylic acids is 1. The Balaban J connectivity index is 1.49. The van der Waals surface area contributed by atoms with Crippen LogP contribution in [0.25, 0.3) is 0 Å². The first kappa shape index (κ1) is 22.9. The summed E-state index contributed by atoms with van der Waals surface area (Å²) in [4.78, 5) is 23.1. The van der Waals surface area contributed by atoms with Crippen molar-refractivity contribution in [2.24, 2.45) is 0 Å². The Morgan fingerprint density at radius 2 is 1.87 bits per heavy atom. The molecule has 0 saturated carbocycles. The van der Waals surface area contributed by atoms with Gasteiger partial charge in [-0.2, -0.15) is 13.2 Å². The minimum atomic E-state index is -4.60. The Hall–Kier alpha value is -2.75. The standard InChI is InChI=1S/C20H24ClF3N6O/c1-13-27-17(12-18(28-13)30-9-3-2-4-10-30)25-7-8-26-19(31)29-14-5-6-16(21)15(11-14)20(22,23)24/h5-6,11-12H,2-4,7-10H2,1H3,(H,25,27,28)(H2,26,29,31). The fourth-order valence-corrected chi connectivity index (χ4v) is 3.51. The molecule has 1 aromatic carbocycles. The Labute approximate surface area is 183 Å². The summed E-state index contributed by atoms with van der Waals surface area (Å²) in [5.74, 6) is 2.19. The molecule has 1 fully saturated rings. The van der Waals surface area contributed by atoms with Crippen LogP contribution in [-0.4, -0.2) is 42.2 Å².